The van der Waals surface area contributed by atoms with Gasteiger partial charge in [0.1, 0.15) is 5.78 Å². The van der Waals surface area contributed by atoms with Crippen molar-refractivity contribution in [1.82, 2.24) is 0 Å². The van der Waals surface area contributed by atoms with Crippen LogP contribution in [0.3, 0.4) is 0 Å². The summed E-state index contributed by atoms with van der Waals surface area (Å²) in [4.78, 5) is 24.1. The molecule has 2 fully saturated rings. The number of ketones is 2. The van der Waals surface area contributed by atoms with E-state index in [1.807, 2.05) is 19.1 Å². The van der Waals surface area contributed by atoms with E-state index in [0.29, 0.717) is 25.0 Å². The third-order valence-corrected chi connectivity index (χ3v) is 7.31. The molecule has 2 saturated carbocycles. The first-order valence-electron chi connectivity index (χ1n) is 8.51. The lowest BCUT2D eigenvalue weighted by molar-refractivity contribution is -0.139. The van der Waals surface area contributed by atoms with Crippen LogP contribution < -0.4 is 0 Å². The Kier molecular flexibility index (Phi) is 2.74. The van der Waals surface area contributed by atoms with Gasteiger partial charge >= 0.3 is 0 Å². The van der Waals surface area contributed by atoms with Crippen molar-refractivity contribution in [2.75, 3.05) is 0 Å². The van der Waals surface area contributed by atoms with Crippen molar-refractivity contribution in [3.63, 3.8) is 0 Å². The third-order valence-electron chi connectivity index (χ3n) is 7.31. The molecule has 0 aromatic heterocycles. The van der Waals surface area contributed by atoms with E-state index in [9.17, 15) is 14.7 Å². The Balaban J connectivity index is 1.85. The minimum atomic E-state index is -0.910. The van der Waals surface area contributed by atoms with Gasteiger partial charge < -0.3 is 5.11 Å². The summed E-state index contributed by atoms with van der Waals surface area (Å²) in [7, 11) is 0. The molecule has 4 aliphatic carbocycles. The summed E-state index contributed by atoms with van der Waals surface area (Å²) in [6, 6.07) is 0. The third kappa shape index (κ3) is 1.51. The highest BCUT2D eigenvalue weighted by Gasteiger charge is 2.63. The second-order valence-electron chi connectivity index (χ2n) is 8.12. The second kappa shape index (κ2) is 4.19. The van der Waals surface area contributed by atoms with Crippen LogP contribution >= 0.6 is 0 Å². The summed E-state index contributed by atoms with van der Waals surface area (Å²) in [6.07, 6.45) is 10.2. The van der Waals surface area contributed by atoms with E-state index >= 15 is 0 Å². The van der Waals surface area contributed by atoms with Gasteiger partial charge in [-0.3, -0.25) is 9.59 Å². The summed E-state index contributed by atoms with van der Waals surface area (Å²) in [5, 5.41) is 11.6. The van der Waals surface area contributed by atoms with Crippen molar-refractivity contribution in [3.05, 3.63) is 23.8 Å². The molecule has 5 atom stereocenters. The highest BCUT2D eigenvalue weighted by Crippen LogP contribution is 2.63. The molecule has 0 spiro atoms. The van der Waals surface area contributed by atoms with Crippen LogP contribution in [0.4, 0.5) is 0 Å². The zero-order valence-electron chi connectivity index (χ0n) is 13.4. The Morgan fingerprint density at radius 1 is 1.05 bits per heavy atom. The fraction of sp³-hybridized carbons (Fsp3) is 0.684. The first-order valence-corrected chi connectivity index (χ1v) is 8.51. The molecule has 0 aliphatic heterocycles. The molecular weight excluding hydrogens is 276 g/mol. The van der Waals surface area contributed by atoms with E-state index in [2.05, 4.69) is 6.92 Å². The standard InChI is InChI=1S/C19H24O3/c1-17-9-10-19(22)15(14(17)5-6-16(17)21)4-3-12-11-13(20)7-8-18(12,19)2/h9-11,14-15,22H,3-8H2,1-2H3/t14-,15-,17-,18-,19-/m0/s1. The number of aliphatic hydroxyl groups is 1. The number of carbonyl (C=O) groups is 2. The largest absolute Gasteiger partial charge is 0.385 e. The molecule has 0 heterocycles. The Hall–Kier alpha value is -1.22. The monoisotopic (exact) mass is 300 g/mol. The van der Waals surface area contributed by atoms with Gasteiger partial charge in [-0.1, -0.05) is 24.6 Å². The number of hydrogen-bond donors (Lipinski definition) is 1. The van der Waals surface area contributed by atoms with E-state index in [0.717, 1.165) is 24.8 Å². The quantitative estimate of drug-likeness (QED) is 0.700. The summed E-state index contributed by atoms with van der Waals surface area (Å²) < 4.78 is 0. The van der Waals surface area contributed by atoms with Gasteiger partial charge in [0.15, 0.2) is 5.78 Å². The molecule has 118 valence electrons. The van der Waals surface area contributed by atoms with Crippen molar-refractivity contribution in [2.45, 2.75) is 58.0 Å². The fourth-order valence-corrected chi connectivity index (χ4v) is 5.72. The minimum absolute atomic E-state index is 0.129. The van der Waals surface area contributed by atoms with Gasteiger partial charge in [0.2, 0.25) is 0 Å². The summed E-state index contributed by atoms with van der Waals surface area (Å²) in [5.74, 6) is 0.881. The topological polar surface area (TPSA) is 54.4 Å². The van der Waals surface area contributed by atoms with Gasteiger partial charge in [-0.25, -0.2) is 0 Å². The summed E-state index contributed by atoms with van der Waals surface area (Å²) in [6.45, 7) is 4.16. The van der Waals surface area contributed by atoms with Gasteiger partial charge in [-0.2, -0.15) is 0 Å². The van der Waals surface area contributed by atoms with Crippen LogP contribution in [0.5, 0.6) is 0 Å². The Morgan fingerprint density at radius 3 is 2.55 bits per heavy atom. The van der Waals surface area contributed by atoms with Gasteiger partial charge in [-0.05, 0) is 50.5 Å². The number of rotatable bonds is 0. The molecule has 3 heteroatoms. The van der Waals surface area contributed by atoms with Gasteiger partial charge in [0.05, 0.1) is 5.60 Å². The second-order valence-corrected chi connectivity index (χ2v) is 8.12. The molecule has 0 aromatic rings. The lowest BCUT2D eigenvalue weighted by Gasteiger charge is -2.59. The van der Waals surface area contributed by atoms with Crippen molar-refractivity contribution >= 4 is 11.6 Å². The van der Waals surface area contributed by atoms with Crippen LogP contribution in [0.25, 0.3) is 0 Å². The van der Waals surface area contributed by atoms with E-state index in [-0.39, 0.29) is 28.4 Å². The average Bonchev–Trinajstić information content (AvgIpc) is 2.77. The number of Topliss-reactive ketones (excluding diaryl/α,β-unsaturated/α-hetero) is 1. The summed E-state index contributed by atoms with van der Waals surface area (Å²) >= 11 is 0. The van der Waals surface area contributed by atoms with Crippen LogP contribution in [0.2, 0.25) is 0 Å². The van der Waals surface area contributed by atoms with Gasteiger partial charge in [-0.15, -0.1) is 0 Å². The molecular formula is C19H24O3. The van der Waals surface area contributed by atoms with Crippen LogP contribution in [0.1, 0.15) is 52.4 Å². The van der Waals surface area contributed by atoms with E-state index in [4.69, 9.17) is 0 Å². The van der Waals surface area contributed by atoms with Gasteiger partial charge in [0, 0.05) is 23.7 Å². The van der Waals surface area contributed by atoms with E-state index in [1.165, 1.54) is 0 Å². The first kappa shape index (κ1) is 14.4. The lowest BCUT2D eigenvalue weighted by atomic mass is 9.47. The fourth-order valence-electron chi connectivity index (χ4n) is 5.72. The molecule has 4 aliphatic rings. The maximum absolute atomic E-state index is 12.3. The Morgan fingerprint density at radius 2 is 1.77 bits per heavy atom. The van der Waals surface area contributed by atoms with Crippen molar-refractivity contribution in [2.24, 2.45) is 22.7 Å². The van der Waals surface area contributed by atoms with Crippen molar-refractivity contribution in [1.29, 1.82) is 0 Å². The minimum Gasteiger partial charge on any atom is -0.385 e. The number of allylic oxidation sites excluding steroid dienone is 2. The van der Waals surface area contributed by atoms with Crippen molar-refractivity contribution < 1.29 is 14.7 Å². The number of hydrogen-bond acceptors (Lipinski definition) is 3. The molecule has 0 bridgehead atoms. The normalized spacial score (nSPS) is 50.2. The molecule has 0 radical (unpaired) electrons. The SMILES string of the molecule is C[C@]12CCC(=O)C=C1CC[C@H]1[C@@H]3CCC(=O)[C@@]3(C)C=C[C@]12O. The number of carbonyl (C=O) groups excluding carboxylic acids is 2. The lowest BCUT2D eigenvalue weighted by Crippen LogP contribution is -2.60. The maximum atomic E-state index is 12.3. The maximum Gasteiger partial charge on any atom is 0.155 e. The predicted molar refractivity (Wildman–Crippen MR) is 83.1 cm³/mol. The average molecular weight is 300 g/mol. The Bertz CT molecular complexity index is 631. The van der Waals surface area contributed by atoms with Gasteiger partial charge in [0.25, 0.3) is 0 Å². The predicted octanol–water partition coefficient (Wildman–Crippen LogP) is 2.98. The molecule has 1 N–H and O–H groups in total. The van der Waals surface area contributed by atoms with Crippen LogP contribution in [0.15, 0.2) is 23.8 Å². The molecule has 22 heavy (non-hydrogen) atoms. The highest BCUT2D eigenvalue weighted by atomic mass is 16.3. The van der Waals surface area contributed by atoms with E-state index < -0.39 is 5.60 Å². The van der Waals surface area contributed by atoms with Crippen LogP contribution in [0, 0.1) is 22.7 Å². The molecule has 0 aromatic carbocycles. The smallest absolute Gasteiger partial charge is 0.155 e. The molecule has 4 rings (SSSR count). The first-order chi connectivity index (χ1) is 10.3. The van der Waals surface area contributed by atoms with Crippen LogP contribution in [-0.4, -0.2) is 22.3 Å². The molecule has 0 saturated heterocycles. The van der Waals surface area contributed by atoms with E-state index in [1.54, 1.807) is 6.08 Å². The summed E-state index contributed by atoms with van der Waals surface area (Å²) in [5.41, 5.74) is -0.543. The molecule has 0 unspecified atom stereocenters. The van der Waals surface area contributed by atoms with Crippen LogP contribution in [-0.2, 0) is 9.59 Å². The zero-order valence-corrected chi connectivity index (χ0v) is 13.4. The number of fused-ring (bicyclic) bond motifs is 5. The molecule has 0 amide bonds. The zero-order chi connectivity index (χ0) is 15.8. The highest BCUT2D eigenvalue weighted by molar-refractivity contribution is 5.92. The Labute approximate surface area is 131 Å². The molecule has 3 nitrogen and oxygen atoms in total. The van der Waals surface area contributed by atoms with Crippen molar-refractivity contribution in [3.8, 4) is 0 Å².